The Morgan fingerprint density at radius 2 is 1.95 bits per heavy atom. The van der Waals surface area contributed by atoms with Crippen LogP contribution in [-0.2, 0) is 9.53 Å². The van der Waals surface area contributed by atoms with E-state index in [2.05, 4.69) is 5.32 Å². The first-order valence-electron chi connectivity index (χ1n) is 7.42. The van der Waals surface area contributed by atoms with Crippen LogP contribution >= 0.6 is 0 Å². The second kappa shape index (κ2) is 6.92. The summed E-state index contributed by atoms with van der Waals surface area (Å²) in [4.78, 5) is 25.4. The molecular weight excluding hydrogens is 260 g/mol. The van der Waals surface area contributed by atoms with Crippen molar-refractivity contribution in [3.8, 4) is 0 Å². The molecule has 6 heteroatoms. The molecular formula is C14H24N2O4. The fourth-order valence-corrected chi connectivity index (χ4v) is 2.87. The third-order valence-corrected chi connectivity index (χ3v) is 4.18. The third-order valence-electron chi connectivity index (χ3n) is 4.18. The molecule has 0 aromatic carbocycles. The lowest BCUT2D eigenvalue weighted by atomic mass is 9.84. The number of amides is 2. The number of aliphatic carboxylic acids is 1. The van der Waals surface area contributed by atoms with Gasteiger partial charge in [0.25, 0.3) is 0 Å². The first kappa shape index (κ1) is 15.1. The van der Waals surface area contributed by atoms with Crippen molar-refractivity contribution in [3.63, 3.8) is 0 Å². The lowest BCUT2D eigenvalue weighted by molar-refractivity contribution is -0.143. The Morgan fingerprint density at radius 3 is 2.55 bits per heavy atom. The minimum atomic E-state index is -0.801. The summed E-state index contributed by atoms with van der Waals surface area (Å²) in [6.07, 6.45) is 5.39. The molecule has 2 aliphatic rings. The number of nitrogens with one attached hydrogen (secondary N) is 1. The van der Waals surface area contributed by atoms with Crippen molar-refractivity contribution in [2.45, 2.75) is 50.6 Å². The van der Waals surface area contributed by atoms with Gasteiger partial charge in [0, 0.05) is 25.7 Å². The molecule has 6 nitrogen and oxygen atoms in total. The molecule has 2 N–H and O–H groups in total. The molecule has 2 rings (SSSR count). The van der Waals surface area contributed by atoms with Crippen LogP contribution < -0.4 is 5.32 Å². The first-order valence-corrected chi connectivity index (χ1v) is 7.42. The molecule has 2 aliphatic carbocycles. The van der Waals surface area contributed by atoms with E-state index in [0.29, 0.717) is 25.6 Å². The van der Waals surface area contributed by atoms with E-state index in [1.165, 1.54) is 0 Å². The summed E-state index contributed by atoms with van der Waals surface area (Å²) < 4.78 is 5.03. The van der Waals surface area contributed by atoms with Crippen molar-refractivity contribution < 1.29 is 19.4 Å². The molecule has 2 fully saturated rings. The number of ether oxygens (including phenoxy) is 1. The van der Waals surface area contributed by atoms with Crippen LogP contribution in [0.5, 0.6) is 0 Å². The lowest BCUT2D eigenvalue weighted by Gasteiger charge is -2.32. The van der Waals surface area contributed by atoms with Crippen LogP contribution in [0.15, 0.2) is 0 Å². The SMILES string of the molecule is COCCN(C(=O)NC1CCCCC1C(=O)O)C1CC1. The van der Waals surface area contributed by atoms with Crippen LogP contribution in [0, 0.1) is 5.92 Å². The molecule has 20 heavy (non-hydrogen) atoms. The van der Waals surface area contributed by atoms with Crippen LogP contribution in [0.4, 0.5) is 4.79 Å². The molecule has 0 aromatic heterocycles. The van der Waals surface area contributed by atoms with Gasteiger partial charge in [-0.2, -0.15) is 0 Å². The highest BCUT2D eigenvalue weighted by atomic mass is 16.5. The van der Waals surface area contributed by atoms with Crippen LogP contribution in [0.25, 0.3) is 0 Å². The van der Waals surface area contributed by atoms with Gasteiger partial charge in [-0.15, -0.1) is 0 Å². The maximum Gasteiger partial charge on any atom is 0.317 e. The first-order chi connectivity index (χ1) is 9.63. The fourth-order valence-electron chi connectivity index (χ4n) is 2.87. The number of carbonyl (C=O) groups excluding carboxylic acids is 1. The number of carbonyl (C=O) groups is 2. The highest BCUT2D eigenvalue weighted by Gasteiger charge is 2.36. The number of urea groups is 1. The minimum absolute atomic E-state index is 0.136. The largest absolute Gasteiger partial charge is 0.481 e. The zero-order valence-corrected chi connectivity index (χ0v) is 12.0. The summed E-state index contributed by atoms with van der Waals surface area (Å²) in [7, 11) is 1.62. The average molecular weight is 284 g/mol. The lowest BCUT2D eigenvalue weighted by Crippen LogP contribution is -2.51. The van der Waals surface area contributed by atoms with E-state index in [9.17, 15) is 14.7 Å². The number of nitrogens with zero attached hydrogens (tertiary/aromatic N) is 1. The van der Waals surface area contributed by atoms with E-state index in [-0.39, 0.29) is 12.1 Å². The maximum absolute atomic E-state index is 12.3. The van der Waals surface area contributed by atoms with Crippen LogP contribution in [-0.4, -0.2) is 54.4 Å². The van der Waals surface area contributed by atoms with Crippen molar-refractivity contribution in [2.24, 2.45) is 5.92 Å². The molecule has 2 unspecified atom stereocenters. The van der Waals surface area contributed by atoms with Crippen molar-refractivity contribution >= 4 is 12.0 Å². The van der Waals surface area contributed by atoms with E-state index < -0.39 is 11.9 Å². The molecule has 0 saturated heterocycles. The summed E-state index contributed by atoms with van der Waals surface area (Å²) in [5.74, 6) is -1.25. The van der Waals surface area contributed by atoms with Crippen molar-refractivity contribution in [3.05, 3.63) is 0 Å². The Bertz CT molecular complexity index is 357. The monoisotopic (exact) mass is 284 g/mol. The van der Waals surface area contributed by atoms with Crippen LogP contribution in [0.2, 0.25) is 0 Å². The van der Waals surface area contributed by atoms with Crippen molar-refractivity contribution in [1.82, 2.24) is 10.2 Å². The molecule has 2 saturated carbocycles. The fraction of sp³-hybridized carbons (Fsp3) is 0.857. The highest BCUT2D eigenvalue weighted by Crippen LogP contribution is 2.28. The maximum atomic E-state index is 12.3. The van der Waals surface area contributed by atoms with Crippen LogP contribution in [0.3, 0.4) is 0 Å². The Kier molecular flexibility index (Phi) is 5.23. The number of hydrogen-bond acceptors (Lipinski definition) is 3. The standard InChI is InChI=1S/C14H24N2O4/c1-20-9-8-16(10-6-7-10)14(19)15-12-5-3-2-4-11(12)13(17)18/h10-12H,2-9H2,1H3,(H,15,19)(H,17,18). The number of hydrogen-bond donors (Lipinski definition) is 2. The van der Waals surface area contributed by atoms with Gasteiger partial charge in [-0.25, -0.2) is 4.79 Å². The molecule has 2 amide bonds. The van der Waals surface area contributed by atoms with Gasteiger partial charge in [0.1, 0.15) is 0 Å². The summed E-state index contributed by atoms with van der Waals surface area (Å²) in [6, 6.07) is -0.0720. The zero-order chi connectivity index (χ0) is 14.5. The quantitative estimate of drug-likeness (QED) is 0.774. The van der Waals surface area contributed by atoms with Gasteiger partial charge in [-0.1, -0.05) is 12.8 Å². The zero-order valence-electron chi connectivity index (χ0n) is 12.0. The van der Waals surface area contributed by atoms with E-state index >= 15 is 0 Å². The molecule has 114 valence electrons. The molecule has 0 bridgehead atoms. The predicted octanol–water partition coefficient (Wildman–Crippen LogP) is 1.45. The van der Waals surface area contributed by atoms with Gasteiger partial charge in [0.15, 0.2) is 0 Å². The number of methoxy groups -OCH3 is 1. The molecule has 0 radical (unpaired) electrons. The summed E-state index contributed by atoms with van der Waals surface area (Å²) >= 11 is 0. The number of rotatable bonds is 6. The summed E-state index contributed by atoms with van der Waals surface area (Å²) in [6.45, 7) is 1.08. The van der Waals surface area contributed by atoms with Crippen molar-refractivity contribution in [1.29, 1.82) is 0 Å². The van der Waals surface area contributed by atoms with Gasteiger partial charge in [-0.3, -0.25) is 4.79 Å². The molecule has 0 heterocycles. The van der Waals surface area contributed by atoms with Gasteiger partial charge >= 0.3 is 12.0 Å². The van der Waals surface area contributed by atoms with Gasteiger partial charge in [-0.05, 0) is 25.7 Å². The number of carboxylic acids is 1. The Hall–Kier alpha value is -1.30. The van der Waals surface area contributed by atoms with E-state index in [1.54, 1.807) is 12.0 Å². The third kappa shape index (κ3) is 3.85. The Labute approximate surface area is 119 Å². The smallest absolute Gasteiger partial charge is 0.317 e. The Morgan fingerprint density at radius 1 is 1.25 bits per heavy atom. The van der Waals surface area contributed by atoms with Gasteiger partial charge < -0.3 is 20.1 Å². The van der Waals surface area contributed by atoms with E-state index in [1.807, 2.05) is 0 Å². The molecule has 0 aromatic rings. The van der Waals surface area contributed by atoms with Crippen LogP contribution in [0.1, 0.15) is 38.5 Å². The van der Waals surface area contributed by atoms with Gasteiger partial charge in [0.2, 0.25) is 0 Å². The molecule has 0 aliphatic heterocycles. The topological polar surface area (TPSA) is 78.9 Å². The summed E-state index contributed by atoms with van der Waals surface area (Å²) in [5.41, 5.74) is 0. The average Bonchev–Trinajstić information content (AvgIpc) is 3.24. The molecule has 2 atom stereocenters. The second-order valence-corrected chi connectivity index (χ2v) is 5.70. The Balaban J connectivity index is 1.91. The van der Waals surface area contributed by atoms with Gasteiger partial charge in [0.05, 0.1) is 12.5 Å². The number of carboxylic acid groups (broad SMARTS) is 1. The van der Waals surface area contributed by atoms with E-state index in [4.69, 9.17) is 4.74 Å². The van der Waals surface area contributed by atoms with Crippen molar-refractivity contribution in [2.75, 3.05) is 20.3 Å². The summed E-state index contributed by atoms with van der Waals surface area (Å²) in [5, 5.41) is 12.2. The predicted molar refractivity (Wildman–Crippen MR) is 73.5 cm³/mol. The normalized spacial score (nSPS) is 26.1. The highest BCUT2D eigenvalue weighted by molar-refractivity contribution is 5.77. The second-order valence-electron chi connectivity index (χ2n) is 5.70. The minimum Gasteiger partial charge on any atom is -0.481 e. The van der Waals surface area contributed by atoms with E-state index in [0.717, 1.165) is 32.1 Å². The molecule has 0 spiro atoms.